The first-order valence-electron chi connectivity index (χ1n) is 8.06. The summed E-state index contributed by atoms with van der Waals surface area (Å²) in [5.41, 5.74) is 9.18. The summed E-state index contributed by atoms with van der Waals surface area (Å²) in [5, 5.41) is 3.25. The van der Waals surface area contributed by atoms with Gasteiger partial charge in [-0.1, -0.05) is 32.9 Å². The minimum absolute atomic E-state index is 0.0749. The Bertz CT molecular complexity index is 662. The standard InChI is InChI=1S/C18H25N3OS/c1-18(2,3)16-12-23-17(20-16)15-11-21(7-8-22-15)10-13-5-4-6-14(19)9-13/h4-6,9,12,15H,7-8,10-11,19H2,1-3H3. The van der Waals surface area contributed by atoms with Gasteiger partial charge in [0.15, 0.2) is 0 Å². The van der Waals surface area contributed by atoms with Crippen LogP contribution in [0.15, 0.2) is 29.6 Å². The maximum Gasteiger partial charge on any atom is 0.123 e. The van der Waals surface area contributed by atoms with Gasteiger partial charge in [-0.25, -0.2) is 4.98 Å². The van der Waals surface area contributed by atoms with Crippen molar-refractivity contribution >= 4 is 17.0 Å². The van der Waals surface area contributed by atoms with Gasteiger partial charge in [-0.3, -0.25) is 4.90 Å². The van der Waals surface area contributed by atoms with Crippen LogP contribution in [0.5, 0.6) is 0 Å². The fourth-order valence-electron chi connectivity index (χ4n) is 2.73. The lowest BCUT2D eigenvalue weighted by Gasteiger charge is -2.32. The summed E-state index contributed by atoms with van der Waals surface area (Å²) in [4.78, 5) is 7.23. The monoisotopic (exact) mass is 331 g/mol. The molecule has 0 bridgehead atoms. The molecular weight excluding hydrogens is 306 g/mol. The summed E-state index contributed by atoms with van der Waals surface area (Å²) < 4.78 is 5.96. The molecule has 1 unspecified atom stereocenters. The quantitative estimate of drug-likeness (QED) is 0.873. The van der Waals surface area contributed by atoms with E-state index in [4.69, 9.17) is 15.5 Å². The van der Waals surface area contributed by atoms with Gasteiger partial charge < -0.3 is 10.5 Å². The van der Waals surface area contributed by atoms with Crippen LogP contribution in [-0.2, 0) is 16.7 Å². The van der Waals surface area contributed by atoms with Gasteiger partial charge >= 0.3 is 0 Å². The topological polar surface area (TPSA) is 51.4 Å². The fraction of sp³-hybridized carbons (Fsp3) is 0.500. The highest BCUT2D eigenvalue weighted by Crippen LogP contribution is 2.30. The molecule has 0 spiro atoms. The molecule has 1 aliphatic rings. The van der Waals surface area contributed by atoms with Crippen molar-refractivity contribution in [2.45, 2.75) is 38.8 Å². The number of nitrogens with zero attached hydrogens (tertiary/aromatic N) is 2. The SMILES string of the molecule is CC(C)(C)c1csc(C2CN(Cc3cccc(N)c3)CCO2)n1. The molecule has 1 aromatic carbocycles. The molecule has 23 heavy (non-hydrogen) atoms. The van der Waals surface area contributed by atoms with Gasteiger partial charge in [-0.2, -0.15) is 0 Å². The van der Waals surface area contributed by atoms with Crippen LogP contribution >= 0.6 is 11.3 Å². The first-order chi connectivity index (χ1) is 10.9. The molecule has 3 rings (SSSR count). The fourth-order valence-corrected chi connectivity index (χ4v) is 3.81. The average molecular weight is 331 g/mol. The summed E-state index contributed by atoms with van der Waals surface area (Å²) in [6.07, 6.45) is 0.0749. The van der Waals surface area contributed by atoms with Crippen molar-refractivity contribution in [2.24, 2.45) is 0 Å². The Labute approximate surface area is 142 Å². The number of ether oxygens (including phenoxy) is 1. The molecule has 4 nitrogen and oxygen atoms in total. The highest BCUT2D eigenvalue weighted by Gasteiger charge is 2.26. The Morgan fingerprint density at radius 3 is 2.91 bits per heavy atom. The molecule has 2 N–H and O–H groups in total. The van der Waals surface area contributed by atoms with Crippen molar-refractivity contribution in [1.29, 1.82) is 0 Å². The third kappa shape index (κ3) is 4.10. The lowest BCUT2D eigenvalue weighted by atomic mass is 9.93. The second-order valence-electron chi connectivity index (χ2n) is 7.16. The molecule has 1 saturated heterocycles. The van der Waals surface area contributed by atoms with E-state index in [1.165, 1.54) is 5.56 Å². The van der Waals surface area contributed by atoms with Gasteiger partial charge in [0.1, 0.15) is 11.1 Å². The highest BCUT2D eigenvalue weighted by atomic mass is 32.1. The molecule has 1 aliphatic heterocycles. The molecule has 1 aromatic heterocycles. The van der Waals surface area contributed by atoms with Crippen molar-refractivity contribution in [3.05, 3.63) is 45.9 Å². The molecule has 2 heterocycles. The van der Waals surface area contributed by atoms with Crippen LogP contribution in [0.4, 0.5) is 5.69 Å². The van der Waals surface area contributed by atoms with E-state index >= 15 is 0 Å². The molecule has 0 radical (unpaired) electrons. The number of hydrogen-bond donors (Lipinski definition) is 1. The Kier molecular flexibility index (Phi) is 4.71. The van der Waals surface area contributed by atoms with Gasteiger partial charge in [0, 0.05) is 36.1 Å². The number of nitrogen functional groups attached to an aromatic ring is 1. The van der Waals surface area contributed by atoms with Gasteiger partial charge in [0.25, 0.3) is 0 Å². The first-order valence-corrected chi connectivity index (χ1v) is 8.94. The zero-order valence-corrected chi connectivity index (χ0v) is 14.9. The Morgan fingerprint density at radius 2 is 2.22 bits per heavy atom. The predicted octanol–water partition coefficient (Wildman–Crippen LogP) is 3.60. The van der Waals surface area contributed by atoms with Crippen LogP contribution in [0.3, 0.4) is 0 Å². The van der Waals surface area contributed by atoms with Crippen molar-refractivity contribution < 1.29 is 4.74 Å². The molecular formula is C18H25N3OS. The number of hydrogen-bond acceptors (Lipinski definition) is 5. The Morgan fingerprint density at radius 1 is 1.39 bits per heavy atom. The molecule has 124 valence electrons. The zero-order chi connectivity index (χ0) is 16.4. The lowest BCUT2D eigenvalue weighted by Crippen LogP contribution is -2.37. The second-order valence-corrected chi connectivity index (χ2v) is 8.05. The molecule has 0 aliphatic carbocycles. The first kappa shape index (κ1) is 16.4. The molecule has 2 aromatic rings. The van der Waals surface area contributed by atoms with E-state index in [1.54, 1.807) is 11.3 Å². The van der Waals surface area contributed by atoms with Gasteiger partial charge in [0.2, 0.25) is 0 Å². The molecule has 5 heteroatoms. The van der Waals surface area contributed by atoms with Gasteiger partial charge in [-0.15, -0.1) is 11.3 Å². The maximum absolute atomic E-state index is 5.96. The van der Waals surface area contributed by atoms with E-state index in [2.05, 4.69) is 37.1 Å². The van der Waals surface area contributed by atoms with Crippen LogP contribution in [-0.4, -0.2) is 29.6 Å². The number of thiazole rings is 1. The smallest absolute Gasteiger partial charge is 0.123 e. The van der Waals surface area contributed by atoms with Crippen molar-refractivity contribution in [3.8, 4) is 0 Å². The number of morpholine rings is 1. The van der Waals surface area contributed by atoms with Crippen LogP contribution in [0, 0.1) is 0 Å². The minimum atomic E-state index is 0.0749. The molecule has 0 amide bonds. The minimum Gasteiger partial charge on any atom is -0.399 e. The predicted molar refractivity (Wildman–Crippen MR) is 95.6 cm³/mol. The maximum atomic E-state index is 5.96. The van der Waals surface area contributed by atoms with Crippen molar-refractivity contribution in [2.75, 3.05) is 25.4 Å². The number of aromatic nitrogens is 1. The third-order valence-corrected chi connectivity index (χ3v) is 5.01. The van der Waals surface area contributed by atoms with Gasteiger partial charge in [0.05, 0.1) is 12.3 Å². The van der Waals surface area contributed by atoms with E-state index in [0.717, 1.165) is 42.6 Å². The van der Waals surface area contributed by atoms with Crippen LogP contribution < -0.4 is 5.73 Å². The normalized spacial score (nSPS) is 19.9. The Balaban J connectivity index is 1.67. The van der Waals surface area contributed by atoms with E-state index in [9.17, 15) is 0 Å². The molecule has 1 fully saturated rings. The van der Waals surface area contributed by atoms with Crippen LogP contribution in [0.2, 0.25) is 0 Å². The van der Waals surface area contributed by atoms with Crippen molar-refractivity contribution in [1.82, 2.24) is 9.88 Å². The largest absolute Gasteiger partial charge is 0.399 e. The van der Waals surface area contributed by atoms with Crippen LogP contribution in [0.1, 0.15) is 43.1 Å². The summed E-state index contributed by atoms with van der Waals surface area (Å²) in [6.45, 7) is 10.1. The number of rotatable bonds is 3. The van der Waals surface area contributed by atoms with Gasteiger partial charge in [-0.05, 0) is 17.7 Å². The molecule has 1 atom stereocenters. The lowest BCUT2D eigenvalue weighted by molar-refractivity contribution is -0.0330. The summed E-state index contributed by atoms with van der Waals surface area (Å²) in [7, 11) is 0. The number of benzene rings is 1. The Hall–Kier alpha value is -1.43. The van der Waals surface area contributed by atoms with E-state index in [1.807, 2.05) is 18.2 Å². The molecule has 0 saturated carbocycles. The summed E-state index contributed by atoms with van der Waals surface area (Å²) in [5.74, 6) is 0. The van der Waals surface area contributed by atoms with Crippen molar-refractivity contribution in [3.63, 3.8) is 0 Å². The van der Waals surface area contributed by atoms with E-state index in [-0.39, 0.29) is 11.5 Å². The van der Waals surface area contributed by atoms with E-state index < -0.39 is 0 Å². The number of anilines is 1. The zero-order valence-electron chi connectivity index (χ0n) is 14.1. The second kappa shape index (κ2) is 6.59. The third-order valence-electron chi connectivity index (χ3n) is 4.07. The average Bonchev–Trinajstić information content (AvgIpc) is 2.97. The summed E-state index contributed by atoms with van der Waals surface area (Å²) in [6, 6.07) is 8.11. The highest BCUT2D eigenvalue weighted by molar-refractivity contribution is 7.09. The summed E-state index contributed by atoms with van der Waals surface area (Å²) >= 11 is 1.71. The van der Waals surface area contributed by atoms with Crippen LogP contribution in [0.25, 0.3) is 0 Å². The van der Waals surface area contributed by atoms with E-state index in [0.29, 0.717) is 0 Å². The number of nitrogens with two attached hydrogens (primary N) is 1.